The number of nitrogens with one attached hydrogen (secondary N) is 2. The van der Waals surface area contributed by atoms with Crippen molar-refractivity contribution in [3.05, 3.63) is 40.6 Å². The zero-order valence-electron chi connectivity index (χ0n) is 15.0. The van der Waals surface area contributed by atoms with E-state index >= 15 is 0 Å². The third-order valence-corrected chi connectivity index (χ3v) is 4.66. The Balaban J connectivity index is 0.00000312. The quantitative estimate of drug-likeness (QED) is 0.350. The minimum atomic E-state index is 0. The molecule has 2 N–H and O–H groups in total. The van der Waals surface area contributed by atoms with E-state index in [4.69, 9.17) is 9.47 Å². The molecule has 1 atom stereocenters. The van der Waals surface area contributed by atoms with Crippen LogP contribution in [-0.2, 0) is 0 Å². The van der Waals surface area contributed by atoms with Crippen molar-refractivity contribution in [2.75, 3.05) is 32.6 Å². The Kier molecular flexibility index (Phi) is 9.66. The number of rotatable bonds is 7. The molecule has 138 valence electrons. The summed E-state index contributed by atoms with van der Waals surface area (Å²) in [5.74, 6) is 2.59. The second-order valence-corrected chi connectivity index (χ2v) is 6.27. The van der Waals surface area contributed by atoms with Crippen LogP contribution in [0.2, 0.25) is 0 Å². The van der Waals surface area contributed by atoms with Gasteiger partial charge in [-0.05, 0) is 30.5 Å². The topological polar surface area (TPSA) is 54.9 Å². The summed E-state index contributed by atoms with van der Waals surface area (Å²) in [5, 5.41) is 8.75. The summed E-state index contributed by atoms with van der Waals surface area (Å²) < 4.78 is 10.9. The van der Waals surface area contributed by atoms with E-state index in [1.54, 1.807) is 25.5 Å². The van der Waals surface area contributed by atoms with E-state index in [0.717, 1.165) is 23.9 Å². The zero-order valence-corrected chi connectivity index (χ0v) is 18.2. The fourth-order valence-corrected chi connectivity index (χ4v) is 3.05. The van der Waals surface area contributed by atoms with Crippen LogP contribution in [0.5, 0.6) is 11.5 Å². The number of halogens is 1. The predicted molar refractivity (Wildman–Crippen MR) is 117 cm³/mol. The minimum absolute atomic E-state index is 0. The maximum Gasteiger partial charge on any atom is 0.195 e. The average Bonchev–Trinajstić information content (AvgIpc) is 3.13. The first-order valence-electron chi connectivity index (χ1n) is 7.99. The molecule has 1 unspecified atom stereocenters. The van der Waals surface area contributed by atoms with Gasteiger partial charge in [0.15, 0.2) is 17.5 Å². The summed E-state index contributed by atoms with van der Waals surface area (Å²) >= 11 is 1.78. The lowest BCUT2D eigenvalue weighted by Gasteiger charge is -2.16. The molecule has 0 amide bonds. The Morgan fingerprint density at radius 3 is 2.68 bits per heavy atom. The molecule has 0 spiro atoms. The molecule has 7 heteroatoms. The number of anilines is 1. The lowest BCUT2D eigenvalue weighted by molar-refractivity contribution is 0.311. The maximum absolute atomic E-state index is 5.61. The highest BCUT2D eigenvalue weighted by molar-refractivity contribution is 14.0. The molecule has 0 radical (unpaired) electrons. The van der Waals surface area contributed by atoms with Gasteiger partial charge in [-0.3, -0.25) is 4.99 Å². The van der Waals surface area contributed by atoms with E-state index in [0.29, 0.717) is 18.3 Å². The Morgan fingerprint density at radius 2 is 2.08 bits per heavy atom. The number of hydrogen-bond donors (Lipinski definition) is 2. The van der Waals surface area contributed by atoms with E-state index in [9.17, 15) is 0 Å². The van der Waals surface area contributed by atoms with E-state index in [1.165, 1.54) is 4.88 Å². The lowest BCUT2D eigenvalue weighted by atomic mass is 10.1. The van der Waals surface area contributed by atoms with E-state index in [1.807, 2.05) is 25.1 Å². The first kappa shape index (κ1) is 21.6. The summed E-state index contributed by atoms with van der Waals surface area (Å²) in [6.45, 7) is 5.55. The Morgan fingerprint density at radius 1 is 1.28 bits per heavy atom. The summed E-state index contributed by atoms with van der Waals surface area (Å²) in [7, 11) is 3.40. The highest BCUT2D eigenvalue weighted by Crippen LogP contribution is 2.30. The maximum atomic E-state index is 5.61. The van der Waals surface area contributed by atoms with Gasteiger partial charge in [0.25, 0.3) is 0 Å². The van der Waals surface area contributed by atoms with Crippen LogP contribution >= 0.6 is 35.3 Å². The molecule has 2 aromatic rings. The molecule has 5 nitrogen and oxygen atoms in total. The first-order chi connectivity index (χ1) is 11.7. The van der Waals surface area contributed by atoms with Crippen molar-refractivity contribution < 1.29 is 9.47 Å². The Bertz CT molecular complexity index is 662. The van der Waals surface area contributed by atoms with Gasteiger partial charge in [-0.15, -0.1) is 35.3 Å². The predicted octanol–water partition coefficient (Wildman–Crippen LogP) is 4.56. The van der Waals surface area contributed by atoms with Crippen molar-refractivity contribution in [2.45, 2.75) is 19.8 Å². The van der Waals surface area contributed by atoms with E-state index in [-0.39, 0.29) is 24.0 Å². The molecule has 0 aliphatic rings. The first-order valence-corrected chi connectivity index (χ1v) is 8.87. The number of aliphatic imine (C=N–C) groups is 1. The average molecular weight is 475 g/mol. The lowest BCUT2D eigenvalue weighted by Crippen LogP contribution is -2.33. The largest absolute Gasteiger partial charge is 0.493 e. The van der Waals surface area contributed by atoms with Gasteiger partial charge >= 0.3 is 0 Å². The third kappa shape index (κ3) is 6.39. The minimum Gasteiger partial charge on any atom is -0.493 e. The van der Waals surface area contributed by atoms with Gasteiger partial charge in [0.2, 0.25) is 0 Å². The molecule has 0 aliphatic heterocycles. The van der Waals surface area contributed by atoms with Gasteiger partial charge in [0, 0.05) is 36.1 Å². The van der Waals surface area contributed by atoms with Crippen LogP contribution in [0.4, 0.5) is 5.69 Å². The van der Waals surface area contributed by atoms with Crippen molar-refractivity contribution in [3.8, 4) is 11.5 Å². The fraction of sp³-hybridized carbons (Fsp3) is 0.389. The molecular weight excluding hydrogens is 449 g/mol. The van der Waals surface area contributed by atoms with Crippen LogP contribution in [0.1, 0.15) is 24.6 Å². The smallest absolute Gasteiger partial charge is 0.195 e. The zero-order chi connectivity index (χ0) is 17.4. The van der Waals surface area contributed by atoms with Crippen molar-refractivity contribution in [3.63, 3.8) is 0 Å². The van der Waals surface area contributed by atoms with Crippen LogP contribution in [0.15, 0.2) is 40.7 Å². The van der Waals surface area contributed by atoms with Gasteiger partial charge in [-0.25, -0.2) is 0 Å². The van der Waals surface area contributed by atoms with Crippen molar-refractivity contribution >= 4 is 47.0 Å². The number of benzene rings is 1. The third-order valence-electron chi connectivity index (χ3n) is 3.55. The molecule has 25 heavy (non-hydrogen) atoms. The molecule has 1 aromatic heterocycles. The van der Waals surface area contributed by atoms with Crippen LogP contribution in [0.3, 0.4) is 0 Å². The standard InChI is InChI=1S/C18H25N3O2S.HI/c1-5-23-16-11-14(8-9-15(16)22-4)21-18(19-3)20-12-13(2)17-7-6-10-24-17;/h6-11,13H,5,12H2,1-4H3,(H2,19,20,21);1H. The molecule has 0 fully saturated rings. The van der Waals surface area contributed by atoms with Crippen LogP contribution in [-0.4, -0.2) is 33.3 Å². The summed E-state index contributed by atoms with van der Waals surface area (Å²) in [6, 6.07) is 9.98. The van der Waals surface area contributed by atoms with Gasteiger partial charge in [0.1, 0.15) is 0 Å². The number of methoxy groups -OCH3 is 1. The van der Waals surface area contributed by atoms with Gasteiger partial charge in [-0.1, -0.05) is 13.0 Å². The van der Waals surface area contributed by atoms with Crippen LogP contribution in [0, 0.1) is 0 Å². The monoisotopic (exact) mass is 475 g/mol. The van der Waals surface area contributed by atoms with Crippen LogP contribution in [0.25, 0.3) is 0 Å². The highest BCUT2D eigenvalue weighted by Gasteiger charge is 2.09. The normalized spacial score (nSPS) is 12.1. The number of hydrogen-bond acceptors (Lipinski definition) is 4. The SMILES string of the molecule is CCOc1cc(NC(=NC)NCC(C)c2cccs2)ccc1OC.I. The molecule has 1 heterocycles. The second kappa shape index (κ2) is 11.2. The second-order valence-electron chi connectivity index (χ2n) is 5.29. The van der Waals surface area contributed by atoms with Gasteiger partial charge in [0.05, 0.1) is 13.7 Å². The molecule has 0 saturated carbocycles. The van der Waals surface area contributed by atoms with Crippen LogP contribution < -0.4 is 20.1 Å². The molecule has 1 aromatic carbocycles. The summed E-state index contributed by atoms with van der Waals surface area (Å²) in [6.07, 6.45) is 0. The van der Waals surface area contributed by atoms with Crippen molar-refractivity contribution in [1.82, 2.24) is 5.32 Å². The van der Waals surface area contributed by atoms with Gasteiger partial charge in [-0.2, -0.15) is 0 Å². The highest BCUT2D eigenvalue weighted by atomic mass is 127. The number of ether oxygens (including phenoxy) is 2. The van der Waals surface area contributed by atoms with Crippen molar-refractivity contribution in [2.24, 2.45) is 4.99 Å². The molecular formula is C18H26IN3O2S. The number of thiophene rings is 1. The molecule has 0 bridgehead atoms. The molecule has 0 saturated heterocycles. The summed E-state index contributed by atoms with van der Waals surface area (Å²) in [5.41, 5.74) is 0.899. The van der Waals surface area contributed by atoms with E-state index in [2.05, 4.69) is 40.1 Å². The molecule has 2 rings (SSSR count). The Labute approximate surface area is 170 Å². The fourth-order valence-electron chi connectivity index (χ4n) is 2.26. The van der Waals surface area contributed by atoms with E-state index < -0.39 is 0 Å². The number of guanidine groups is 1. The van der Waals surface area contributed by atoms with Gasteiger partial charge < -0.3 is 20.1 Å². The number of nitrogens with zero attached hydrogens (tertiary/aromatic N) is 1. The molecule has 0 aliphatic carbocycles. The van der Waals surface area contributed by atoms with Crippen molar-refractivity contribution in [1.29, 1.82) is 0 Å². The Hall–Kier alpha value is -1.48. The summed E-state index contributed by atoms with van der Waals surface area (Å²) in [4.78, 5) is 5.64.